The highest BCUT2D eigenvalue weighted by Crippen LogP contribution is 2.32. The van der Waals surface area contributed by atoms with E-state index in [0.29, 0.717) is 41.9 Å². The van der Waals surface area contributed by atoms with E-state index in [4.69, 9.17) is 9.52 Å². The van der Waals surface area contributed by atoms with Crippen LogP contribution in [-0.4, -0.2) is 22.0 Å². The van der Waals surface area contributed by atoms with Gasteiger partial charge in [0.15, 0.2) is 11.5 Å². The van der Waals surface area contributed by atoms with Crippen molar-refractivity contribution in [2.45, 2.75) is 26.2 Å². The number of anilines is 1. The minimum Gasteiger partial charge on any atom is -0.481 e. The monoisotopic (exact) mass is 288 g/mol. The summed E-state index contributed by atoms with van der Waals surface area (Å²) < 4.78 is 5.38. The molecule has 0 saturated heterocycles. The van der Waals surface area contributed by atoms with Gasteiger partial charge in [0.25, 0.3) is 0 Å². The van der Waals surface area contributed by atoms with E-state index in [1.54, 1.807) is 25.1 Å². The number of hydrogen-bond donors (Lipinski definition) is 2. The summed E-state index contributed by atoms with van der Waals surface area (Å²) in [6, 6.07) is 5.28. The lowest BCUT2D eigenvalue weighted by molar-refractivity contribution is -0.141. The van der Waals surface area contributed by atoms with Crippen molar-refractivity contribution in [3.63, 3.8) is 0 Å². The number of carbonyl (C=O) groups is 2. The Bertz CT molecular complexity index is 707. The molecule has 110 valence electrons. The zero-order valence-corrected chi connectivity index (χ0v) is 11.6. The van der Waals surface area contributed by atoms with Crippen LogP contribution in [0, 0.1) is 18.8 Å². The minimum atomic E-state index is -0.815. The van der Waals surface area contributed by atoms with E-state index in [-0.39, 0.29) is 11.8 Å². The van der Waals surface area contributed by atoms with Crippen molar-refractivity contribution < 1.29 is 19.1 Å². The quantitative estimate of drug-likeness (QED) is 0.905. The largest absolute Gasteiger partial charge is 0.481 e. The molecule has 6 nitrogen and oxygen atoms in total. The molecule has 1 aliphatic carbocycles. The molecule has 0 radical (unpaired) electrons. The molecule has 3 rings (SSSR count). The fourth-order valence-corrected chi connectivity index (χ4v) is 2.81. The van der Waals surface area contributed by atoms with Crippen molar-refractivity contribution in [3.8, 4) is 0 Å². The standard InChI is InChI=1S/C15H16N2O4/c1-8-16-12-7-11(4-5-13(12)21-8)17-14(18)9-2-3-10(6-9)15(19)20/h4-5,7,9-10H,2-3,6H2,1H3,(H,17,18)(H,19,20)/t9-,10+/m1/s1. The zero-order chi connectivity index (χ0) is 15.0. The minimum absolute atomic E-state index is 0.127. The summed E-state index contributed by atoms with van der Waals surface area (Å²) in [4.78, 5) is 27.3. The van der Waals surface area contributed by atoms with Crippen LogP contribution in [-0.2, 0) is 9.59 Å². The normalized spacial score (nSPS) is 21.6. The van der Waals surface area contributed by atoms with Gasteiger partial charge in [0.1, 0.15) is 5.52 Å². The summed E-state index contributed by atoms with van der Waals surface area (Å²) in [6.45, 7) is 1.77. The number of aliphatic carboxylic acids is 1. The molecule has 1 heterocycles. The van der Waals surface area contributed by atoms with Crippen LogP contribution in [0.5, 0.6) is 0 Å². The van der Waals surface area contributed by atoms with Gasteiger partial charge >= 0.3 is 5.97 Å². The highest BCUT2D eigenvalue weighted by atomic mass is 16.4. The van der Waals surface area contributed by atoms with Crippen LogP contribution in [0.15, 0.2) is 22.6 Å². The third-order valence-corrected chi connectivity index (χ3v) is 3.91. The number of aromatic nitrogens is 1. The third kappa shape index (κ3) is 2.74. The molecule has 2 aromatic rings. The number of aryl methyl sites for hydroxylation is 1. The average Bonchev–Trinajstić information content (AvgIpc) is 3.03. The lowest BCUT2D eigenvalue weighted by Crippen LogP contribution is -2.21. The number of oxazole rings is 1. The van der Waals surface area contributed by atoms with Gasteiger partial charge in [-0.1, -0.05) is 0 Å². The number of nitrogens with one attached hydrogen (secondary N) is 1. The first-order valence-corrected chi connectivity index (χ1v) is 6.94. The van der Waals surface area contributed by atoms with Crippen LogP contribution in [0.1, 0.15) is 25.2 Å². The Balaban J connectivity index is 1.70. The molecule has 21 heavy (non-hydrogen) atoms. The first kappa shape index (κ1) is 13.6. The lowest BCUT2D eigenvalue weighted by Gasteiger charge is -2.10. The van der Waals surface area contributed by atoms with E-state index in [0.717, 1.165) is 0 Å². The molecule has 0 spiro atoms. The molecule has 1 fully saturated rings. The SMILES string of the molecule is Cc1nc2cc(NC(=O)[C@@H]3CC[C@H](C(=O)O)C3)ccc2o1. The predicted molar refractivity (Wildman–Crippen MR) is 75.8 cm³/mol. The van der Waals surface area contributed by atoms with Crippen molar-refractivity contribution in [1.82, 2.24) is 4.98 Å². The van der Waals surface area contributed by atoms with Crippen LogP contribution >= 0.6 is 0 Å². The van der Waals surface area contributed by atoms with Crippen LogP contribution in [0.2, 0.25) is 0 Å². The highest BCUT2D eigenvalue weighted by molar-refractivity contribution is 5.94. The third-order valence-electron chi connectivity index (χ3n) is 3.91. The summed E-state index contributed by atoms with van der Waals surface area (Å²) in [5.74, 6) is -1.00. The molecular formula is C15H16N2O4. The molecule has 0 aliphatic heterocycles. The first-order valence-electron chi connectivity index (χ1n) is 6.94. The molecule has 1 aromatic heterocycles. The predicted octanol–water partition coefficient (Wildman–Crippen LogP) is 2.58. The van der Waals surface area contributed by atoms with Gasteiger partial charge < -0.3 is 14.8 Å². The molecule has 0 unspecified atom stereocenters. The number of carboxylic acids is 1. The number of carbonyl (C=O) groups excluding carboxylic acids is 1. The lowest BCUT2D eigenvalue weighted by atomic mass is 10.0. The molecule has 1 saturated carbocycles. The van der Waals surface area contributed by atoms with Gasteiger partial charge in [-0.2, -0.15) is 0 Å². The van der Waals surface area contributed by atoms with E-state index >= 15 is 0 Å². The second kappa shape index (κ2) is 5.20. The number of carboxylic acid groups (broad SMARTS) is 1. The Labute approximate surface area is 121 Å². The molecule has 2 atom stereocenters. The van der Waals surface area contributed by atoms with Gasteiger partial charge in [0.05, 0.1) is 5.92 Å². The molecule has 6 heteroatoms. The van der Waals surface area contributed by atoms with Crippen molar-refractivity contribution in [3.05, 3.63) is 24.1 Å². The summed E-state index contributed by atoms with van der Waals surface area (Å²) in [5.41, 5.74) is 2.03. The number of fused-ring (bicyclic) bond motifs is 1. The second-order valence-corrected chi connectivity index (χ2v) is 5.45. The topological polar surface area (TPSA) is 92.4 Å². The van der Waals surface area contributed by atoms with Gasteiger partial charge in [-0.15, -0.1) is 0 Å². The molecule has 1 amide bonds. The number of hydrogen-bond acceptors (Lipinski definition) is 4. The smallest absolute Gasteiger partial charge is 0.306 e. The number of nitrogens with zero attached hydrogens (tertiary/aromatic N) is 1. The van der Waals surface area contributed by atoms with Crippen LogP contribution in [0.25, 0.3) is 11.1 Å². The fourth-order valence-electron chi connectivity index (χ4n) is 2.81. The Kier molecular flexibility index (Phi) is 3.37. The van der Waals surface area contributed by atoms with Crippen LogP contribution in [0.4, 0.5) is 5.69 Å². The van der Waals surface area contributed by atoms with E-state index < -0.39 is 11.9 Å². The van der Waals surface area contributed by atoms with Gasteiger partial charge in [-0.05, 0) is 37.5 Å². The number of amides is 1. The van der Waals surface area contributed by atoms with Crippen molar-refractivity contribution in [2.24, 2.45) is 11.8 Å². The maximum atomic E-state index is 12.2. The summed E-state index contributed by atoms with van der Waals surface area (Å²) >= 11 is 0. The summed E-state index contributed by atoms with van der Waals surface area (Å²) in [6.07, 6.45) is 1.59. The second-order valence-electron chi connectivity index (χ2n) is 5.45. The van der Waals surface area contributed by atoms with E-state index in [1.807, 2.05) is 0 Å². The van der Waals surface area contributed by atoms with Crippen molar-refractivity contribution in [2.75, 3.05) is 5.32 Å². The zero-order valence-electron chi connectivity index (χ0n) is 11.6. The first-order chi connectivity index (χ1) is 10.0. The molecule has 1 aromatic carbocycles. The van der Waals surface area contributed by atoms with Crippen LogP contribution < -0.4 is 5.32 Å². The Morgan fingerprint density at radius 2 is 2.10 bits per heavy atom. The van der Waals surface area contributed by atoms with Crippen LogP contribution in [0.3, 0.4) is 0 Å². The Morgan fingerprint density at radius 3 is 2.81 bits per heavy atom. The summed E-state index contributed by atoms with van der Waals surface area (Å²) in [7, 11) is 0. The molecular weight excluding hydrogens is 272 g/mol. The van der Waals surface area contributed by atoms with Crippen molar-refractivity contribution in [1.29, 1.82) is 0 Å². The van der Waals surface area contributed by atoms with Gasteiger partial charge in [0.2, 0.25) is 5.91 Å². The van der Waals surface area contributed by atoms with Gasteiger partial charge in [0, 0.05) is 18.5 Å². The van der Waals surface area contributed by atoms with E-state index in [9.17, 15) is 9.59 Å². The average molecular weight is 288 g/mol. The van der Waals surface area contributed by atoms with Gasteiger partial charge in [-0.25, -0.2) is 4.98 Å². The van der Waals surface area contributed by atoms with E-state index in [2.05, 4.69) is 10.3 Å². The van der Waals surface area contributed by atoms with Gasteiger partial charge in [-0.3, -0.25) is 9.59 Å². The molecule has 2 N–H and O–H groups in total. The Hall–Kier alpha value is -2.37. The van der Waals surface area contributed by atoms with E-state index in [1.165, 1.54) is 0 Å². The maximum absolute atomic E-state index is 12.2. The number of rotatable bonds is 3. The molecule has 1 aliphatic rings. The Morgan fingerprint density at radius 1 is 1.33 bits per heavy atom. The molecule has 0 bridgehead atoms. The maximum Gasteiger partial charge on any atom is 0.306 e. The fraction of sp³-hybridized carbons (Fsp3) is 0.400. The van der Waals surface area contributed by atoms with Crippen molar-refractivity contribution >= 4 is 28.7 Å². The number of benzene rings is 1. The highest BCUT2D eigenvalue weighted by Gasteiger charge is 2.33. The summed E-state index contributed by atoms with van der Waals surface area (Å²) in [5, 5.41) is 11.8.